The quantitative estimate of drug-likeness (QED) is 0.893. The molecule has 0 unspecified atom stereocenters. The highest BCUT2D eigenvalue weighted by Gasteiger charge is 2.42. The number of aromatic nitrogens is 1. The summed E-state index contributed by atoms with van der Waals surface area (Å²) in [5.41, 5.74) is 1.10. The minimum atomic E-state index is -0.736. The molecule has 0 spiro atoms. The molecular weight excluding hydrogens is 282 g/mol. The summed E-state index contributed by atoms with van der Waals surface area (Å²) >= 11 is 1.69. The van der Waals surface area contributed by atoms with Crippen molar-refractivity contribution in [2.75, 3.05) is 0 Å². The zero-order valence-electron chi connectivity index (χ0n) is 12.6. The first-order chi connectivity index (χ1) is 10.0. The number of rotatable bonds is 3. The van der Waals surface area contributed by atoms with Gasteiger partial charge in [0.15, 0.2) is 0 Å². The molecule has 0 amide bonds. The summed E-state index contributed by atoms with van der Waals surface area (Å²) in [7, 11) is 0. The SMILES string of the molecule is CC(C)c1nc2c(C3(C(=O)O)CCCCC3)cccc2s1. The molecule has 1 aliphatic rings. The summed E-state index contributed by atoms with van der Waals surface area (Å²) in [5.74, 6) is -0.309. The minimum absolute atomic E-state index is 0.377. The van der Waals surface area contributed by atoms with Gasteiger partial charge >= 0.3 is 5.97 Å². The number of nitrogens with zero attached hydrogens (tertiary/aromatic N) is 1. The Labute approximate surface area is 129 Å². The lowest BCUT2D eigenvalue weighted by Crippen LogP contribution is -2.38. The van der Waals surface area contributed by atoms with Crippen molar-refractivity contribution in [2.24, 2.45) is 0 Å². The van der Waals surface area contributed by atoms with Crippen LogP contribution in [0, 0.1) is 0 Å². The average Bonchev–Trinajstić information content (AvgIpc) is 2.92. The second kappa shape index (κ2) is 5.41. The van der Waals surface area contributed by atoms with E-state index in [0.29, 0.717) is 5.92 Å². The lowest BCUT2D eigenvalue weighted by atomic mass is 9.69. The molecule has 1 aromatic carbocycles. The second-order valence-electron chi connectivity index (χ2n) is 6.31. The second-order valence-corrected chi connectivity index (χ2v) is 7.37. The number of hydrogen-bond donors (Lipinski definition) is 1. The fourth-order valence-corrected chi connectivity index (χ4v) is 4.35. The first-order valence-corrected chi connectivity index (χ1v) is 8.49. The van der Waals surface area contributed by atoms with Crippen molar-refractivity contribution in [3.63, 3.8) is 0 Å². The Kier molecular flexibility index (Phi) is 3.74. The molecule has 3 nitrogen and oxygen atoms in total. The van der Waals surface area contributed by atoms with Gasteiger partial charge < -0.3 is 5.11 Å². The molecular formula is C17H21NO2S. The molecule has 4 heteroatoms. The lowest BCUT2D eigenvalue weighted by molar-refractivity contribution is -0.145. The zero-order valence-corrected chi connectivity index (χ0v) is 13.4. The molecule has 1 aromatic heterocycles. The van der Waals surface area contributed by atoms with E-state index in [4.69, 9.17) is 4.98 Å². The van der Waals surface area contributed by atoms with Gasteiger partial charge in [-0.3, -0.25) is 4.79 Å². The molecule has 2 aromatic rings. The molecule has 1 N–H and O–H groups in total. The van der Waals surface area contributed by atoms with Crippen LogP contribution in [-0.4, -0.2) is 16.1 Å². The Hall–Kier alpha value is -1.42. The Morgan fingerprint density at radius 1 is 1.29 bits per heavy atom. The van der Waals surface area contributed by atoms with E-state index in [1.807, 2.05) is 12.1 Å². The maximum atomic E-state index is 12.0. The van der Waals surface area contributed by atoms with Crippen molar-refractivity contribution < 1.29 is 9.90 Å². The molecule has 0 saturated heterocycles. The van der Waals surface area contributed by atoms with E-state index < -0.39 is 11.4 Å². The highest BCUT2D eigenvalue weighted by Crippen LogP contribution is 2.43. The van der Waals surface area contributed by atoms with Crippen molar-refractivity contribution in [3.05, 3.63) is 28.8 Å². The Morgan fingerprint density at radius 3 is 2.62 bits per heavy atom. The average molecular weight is 303 g/mol. The molecule has 1 fully saturated rings. The van der Waals surface area contributed by atoms with Crippen LogP contribution in [0.3, 0.4) is 0 Å². The summed E-state index contributed by atoms with van der Waals surface area (Å²) < 4.78 is 1.11. The van der Waals surface area contributed by atoms with Gasteiger partial charge in [-0.05, 0) is 24.5 Å². The molecule has 112 valence electrons. The largest absolute Gasteiger partial charge is 0.481 e. The number of fused-ring (bicyclic) bond motifs is 1. The Balaban J connectivity index is 2.20. The molecule has 1 heterocycles. The van der Waals surface area contributed by atoms with Crippen molar-refractivity contribution in [1.29, 1.82) is 0 Å². The number of carboxylic acid groups (broad SMARTS) is 1. The van der Waals surface area contributed by atoms with E-state index in [9.17, 15) is 9.90 Å². The van der Waals surface area contributed by atoms with Gasteiger partial charge in [0.25, 0.3) is 0 Å². The fourth-order valence-electron chi connectivity index (χ4n) is 3.35. The van der Waals surface area contributed by atoms with Crippen molar-refractivity contribution in [2.45, 2.75) is 57.3 Å². The van der Waals surface area contributed by atoms with Gasteiger partial charge in [-0.25, -0.2) is 4.98 Å². The van der Waals surface area contributed by atoms with Gasteiger partial charge in [-0.1, -0.05) is 45.2 Å². The van der Waals surface area contributed by atoms with Crippen LogP contribution >= 0.6 is 11.3 Å². The number of carbonyl (C=O) groups is 1. The maximum Gasteiger partial charge on any atom is 0.314 e. The molecule has 21 heavy (non-hydrogen) atoms. The van der Waals surface area contributed by atoms with Gasteiger partial charge in [0.05, 0.1) is 20.6 Å². The first-order valence-electron chi connectivity index (χ1n) is 7.68. The van der Waals surface area contributed by atoms with Gasteiger partial charge in [-0.15, -0.1) is 11.3 Å². The standard InChI is InChI=1S/C17H21NO2S/c1-11(2)15-18-14-12(7-6-8-13(14)21-15)17(16(19)20)9-4-3-5-10-17/h6-8,11H,3-5,9-10H2,1-2H3,(H,19,20). The number of para-hydroxylation sites is 1. The third-order valence-corrected chi connectivity index (χ3v) is 5.88. The van der Waals surface area contributed by atoms with E-state index in [-0.39, 0.29) is 0 Å². The molecule has 0 atom stereocenters. The summed E-state index contributed by atoms with van der Waals surface area (Å²) in [4.78, 5) is 16.8. The van der Waals surface area contributed by atoms with Gasteiger partial charge in [0.1, 0.15) is 0 Å². The third kappa shape index (κ3) is 2.35. The van der Waals surface area contributed by atoms with Crippen LogP contribution in [0.2, 0.25) is 0 Å². The van der Waals surface area contributed by atoms with E-state index in [1.165, 1.54) is 0 Å². The lowest BCUT2D eigenvalue weighted by Gasteiger charge is -2.33. The number of hydrogen-bond acceptors (Lipinski definition) is 3. The third-order valence-electron chi connectivity index (χ3n) is 4.56. The number of aliphatic carboxylic acids is 1. The van der Waals surface area contributed by atoms with Crippen molar-refractivity contribution in [1.82, 2.24) is 4.98 Å². The summed E-state index contributed by atoms with van der Waals surface area (Å²) in [6.45, 7) is 4.26. The number of thiazole rings is 1. The van der Waals surface area contributed by atoms with Crippen LogP contribution in [0.25, 0.3) is 10.2 Å². The molecule has 0 radical (unpaired) electrons. The van der Waals surface area contributed by atoms with Crippen LogP contribution in [0.4, 0.5) is 0 Å². The van der Waals surface area contributed by atoms with Crippen LogP contribution in [-0.2, 0) is 10.2 Å². The predicted molar refractivity (Wildman–Crippen MR) is 86.1 cm³/mol. The molecule has 0 bridgehead atoms. The fraction of sp³-hybridized carbons (Fsp3) is 0.529. The topological polar surface area (TPSA) is 50.2 Å². The molecule has 0 aliphatic heterocycles. The van der Waals surface area contributed by atoms with Crippen LogP contribution < -0.4 is 0 Å². The number of benzene rings is 1. The highest BCUT2D eigenvalue weighted by atomic mass is 32.1. The first kappa shape index (κ1) is 14.5. The van der Waals surface area contributed by atoms with E-state index in [2.05, 4.69) is 19.9 Å². The minimum Gasteiger partial charge on any atom is -0.481 e. The highest BCUT2D eigenvalue weighted by molar-refractivity contribution is 7.18. The summed E-state index contributed by atoms with van der Waals surface area (Å²) in [6, 6.07) is 6.02. The van der Waals surface area contributed by atoms with E-state index in [0.717, 1.165) is 52.9 Å². The van der Waals surface area contributed by atoms with E-state index >= 15 is 0 Å². The summed E-state index contributed by atoms with van der Waals surface area (Å²) in [5, 5.41) is 11.0. The Bertz CT molecular complexity index is 668. The monoisotopic (exact) mass is 303 g/mol. The maximum absolute atomic E-state index is 12.0. The van der Waals surface area contributed by atoms with Crippen molar-refractivity contribution >= 4 is 27.5 Å². The molecule has 1 saturated carbocycles. The van der Waals surface area contributed by atoms with Crippen molar-refractivity contribution in [3.8, 4) is 0 Å². The normalized spacial score (nSPS) is 18.2. The number of carboxylic acids is 1. The Morgan fingerprint density at radius 2 is 2.00 bits per heavy atom. The molecule has 3 rings (SSSR count). The van der Waals surface area contributed by atoms with Crippen LogP contribution in [0.5, 0.6) is 0 Å². The van der Waals surface area contributed by atoms with Gasteiger partial charge in [0.2, 0.25) is 0 Å². The smallest absolute Gasteiger partial charge is 0.314 e. The van der Waals surface area contributed by atoms with E-state index in [1.54, 1.807) is 11.3 Å². The summed E-state index contributed by atoms with van der Waals surface area (Å²) in [6.07, 6.45) is 4.58. The zero-order chi connectivity index (χ0) is 15.0. The predicted octanol–water partition coefficient (Wildman–Crippen LogP) is 4.71. The van der Waals surface area contributed by atoms with Gasteiger partial charge in [-0.2, -0.15) is 0 Å². The van der Waals surface area contributed by atoms with Crippen LogP contribution in [0.15, 0.2) is 18.2 Å². The van der Waals surface area contributed by atoms with Gasteiger partial charge in [0, 0.05) is 5.92 Å². The van der Waals surface area contributed by atoms with Crippen LogP contribution in [0.1, 0.15) is 62.4 Å². The molecule has 1 aliphatic carbocycles.